The molecule has 0 bridgehead atoms. The Morgan fingerprint density at radius 3 is 2.79 bits per heavy atom. The minimum atomic E-state index is -3.59. The van der Waals surface area contributed by atoms with Crippen LogP contribution in [0.4, 0.5) is 4.39 Å². The van der Waals surface area contributed by atoms with Crippen molar-refractivity contribution < 1.29 is 12.8 Å². The van der Waals surface area contributed by atoms with E-state index in [9.17, 15) is 12.8 Å². The van der Waals surface area contributed by atoms with E-state index in [2.05, 4.69) is 14.9 Å². The van der Waals surface area contributed by atoms with Gasteiger partial charge in [-0.1, -0.05) is 25.1 Å². The summed E-state index contributed by atoms with van der Waals surface area (Å²) >= 11 is 0. The molecule has 2 aromatic rings. The minimum Gasteiger partial charge on any atom is -0.347 e. The highest BCUT2D eigenvalue weighted by molar-refractivity contribution is 7.88. The summed E-state index contributed by atoms with van der Waals surface area (Å²) in [5, 5.41) is 0. The number of piperazine rings is 1. The fraction of sp³-hybridized carbons (Fsp3) is 0.438. The zero-order chi connectivity index (χ0) is 17.2. The van der Waals surface area contributed by atoms with Crippen molar-refractivity contribution in [2.24, 2.45) is 0 Å². The number of nitrogens with zero attached hydrogens (tertiary/aromatic N) is 3. The largest absolute Gasteiger partial charge is 0.347 e. The summed E-state index contributed by atoms with van der Waals surface area (Å²) in [5.74, 6) is -0.0602. The lowest BCUT2D eigenvalue weighted by Crippen LogP contribution is -2.50. The number of likely N-dealkylation sites (N-methyl/N-ethyl adjacent to an activating group) is 1. The molecule has 1 atom stereocenters. The van der Waals surface area contributed by atoms with Gasteiger partial charge in [-0.15, -0.1) is 0 Å². The standard InChI is InChI=1S/C16H21FN4O2S/c1-2-20-9-10-21(11-15(20)16-18-7-8-19-16)24(22,23)12-13-5-3-4-6-14(13)17/h3-8,15H,2,9-12H2,1H3,(H,18,19)/t15-/m1/s1. The minimum absolute atomic E-state index is 0.117. The van der Waals surface area contributed by atoms with Crippen molar-refractivity contribution in [1.29, 1.82) is 0 Å². The van der Waals surface area contributed by atoms with Crippen LogP contribution in [0.5, 0.6) is 0 Å². The van der Waals surface area contributed by atoms with Crippen LogP contribution in [0.3, 0.4) is 0 Å². The van der Waals surface area contributed by atoms with Gasteiger partial charge < -0.3 is 4.98 Å². The zero-order valence-electron chi connectivity index (χ0n) is 13.5. The van der Waals surface area contributed by atoms with Gasteiger partial charge in [0.15, 0.2) is 0 Å². The fourth-order valence-corrected chi connectivity index (χ4v) is 4.59. The Morgan fingerprint density at radius 2 is 2.12 bits per heavy atom. The van der Waals surface area contributed by atoms with Gasteiger partial charge in [-0.25, -0.2) is 17.8 Å². The first-order chi connectivity index (χ1) is 11.5. The molecule has 1 aliphatic heterocycles. The third kappa shape index (κ3) is 3.50. The molecule has 0 amide bonds. The Kier molecular flexibility index (Phi) is 4.98. The molecule has 1 aromatic heterocycles. The third-order valence-electron chi connectivity index (χ3n) is 4.38. The molecule has 1 aromatic carbocycles. The van der Waals surface area contributed by atoms with Crippen molar-refractivity contribution in [3.8, 4) is 0 Å². The van der Waals surface area contributed by atoms with Crippen LogP contribution in [0.15, 0.2) is 36.7 Å². The van der Waals surface area contributed by atoms with Gasteiger partial charge >= 0.3 is 0 Å². The first-order valence-electron chi connectivity index (χ1n) is 7.96. The SMILES string of the molecule is CCN1CCN(S(=O)(=O)Cc2ccccc2F)C[C@@H]1c1ncc[nH]1. The molecule has 1 fully saturated rings. The number of halogens is 1. The van der Waals surface area contributed by atoms with E-state index in [1.807, 2.05) is 6.92 Å². The summed E-state index contributed by atoms with van der Waals surface area (Å²) in [6, 6.07) is 5.88. The number of rotatable bonds is 5. The Morgan fingerprint density at radius 1 is 1.33 bits per heavy atom. The van der Waals surface area contributed by atoms with Crippen LogP contribution in [-0.4, -0.2) is 53.8 Å². The van der Waals surface area contributed by atoms with Gasteiger partial charge in [-0.2, -0.15) is 4.31 Å². The molecule has 2 heterocycles. The van der Waals surface area contributed by atoms with Gasteiger partial charge in [-0.3, -0.25) is 4.90 Å². The lowest BCUT2D eigenvalue weighted by Gasteiger charge is -2.39. The zero-order valence-corrected chi connectivity index (χ0v) is 14.3. The second kappa shape index (κ2) is 7.00. The molecule has 130 valence electrons. The maximum Gasteiger partial charge on any atom is 0.218 e. The lowest BCUT2D eigenvalue weighted by molar-refractivity contribution is 0.119. The van der Waals surface area contributed by atoms with E-state index in [-0.39, 0.29) is 17.4 Å². The van der Waals surface area contributed by atoms with E-state index in [4.69, 9.17) is 0 Å². The van der Waals surface area contributed by atoms with Gasteiger partial charge in [0.2, 0.25) is 10.0 Å². The highest BCUT2D eigenvalue weighted by atomic mass is 32.2. The predicted octanol–water partition coefficient (Wildman–Crippen LogP) is 1.76. The summed E-state index contributed by atoms with van der Waals surface area (Å²) in [7, 11) is -3.59. The molecule has 24 heavy (non-hydrogen) atoms. The quantitative estimate of drug-likeness (QED) is 0.890. The average Bonchev–Trinajstić information content (AvgIpc) is 3.10. The Labute approximate surface area is 141 Å². The molecule has 0 aliphatic carbocycles. The first kappa shape index (κ1) is 17.1. The maximum absolute atomic E-state index is 13.8. The normalized spacial score (nSPS) is 20.3. The van der Waals surface area contributed by atoms with E-state index in [0.717, 1.165) is 12.4 Å². The van der Waals surface area contributed by atoms with Gasteiger partial charge in [0.25, 0.3) is 0 Å². The van der Waals surface area contributed by atoms with Crippen LogP contribution in [0.1, 0.15) is 24.4 Å². The number of hydrogen-bond donors (Lipinski definition) is 1. The Hall–Kier alpha value is -1.77. The molecule has 8 heteroatoms. The van der Waals surface area contributed by atoms with E-state index in [1.165, 1.54) is 16.4 Å². The van der Waals surface area contributed by atoms with E-state index >= 15 is 0 Å². The highest BCUT2D eigenvalue weighted by Crippen LogP contribution is 2.25. The molecule has 0 saturated carbocycles. The molecule has 1 N–H and O–H groups in total. The highest BCUT2D eigenvalue weighted by Gasteiger charge is 2.34. The molecular formula is C16H21FN4O2S. The monoisotopic (exact) mass is 352 g/mol. The summed E-state index contributed by atoms with van der Waals surface area (Å²) in [6.07, 6.45) is 3.39. The second-order valence-corrected chi connectivity index (χ2v) is 7.79. The molecule has 0 radical (unpaired) electrons. The number of aromatic amines is 1. The maximum atomic E-state index is 13.8. The molecule has 6 nitrogen and oxygen atoms in total. The summed E-state index contributed by atoms with van der Waals surface area (Å²) in [6.45, 7) is 4.20. The Bertz CT molecular complexity index is 779. The summed E-state index contributed by atoms with van der Waals surface area (Å²) < 4.78 is 40.7. The first-order valence-corrected chi connectivity index (χ1v) is 9.56. The predicted molar refractivity (Wildman–Crippen MR) is 89.2 cm³/mol. The van der Waals surface area contributed by atoms with Crippen LogP contribution in [0, 0.1) is 5.82 Å². The molecule has 3 rings (SSSR count). The van der Waals surface area contributed by atoms with Crippen LogP contribution in [0.25, 0.3) is 0 Å². The van der Waals surface area contributed by atoms with E-state index in [0.29, 0.717) is 19.6 Å². The fourth-order valence-electron chi connectivity index (χ4n) is 3.05. The number of benzene rings is 1. The van der Waals surface area contributed by atoms with Crippen molar-refractivity contribution in [3.05, 3.63) is 53.9 Å². The lowest BCUT2D eigenvalue weighted by atomic mass is 10.2. The third-order valence-corrected chi connectivity index (χ3v) is 6.18. The average molecular weight is 352 g/mol. The number of H-pyrrole nitrogens is 1. The van der Waals surface area contributed by atoms with Crippen molar-refractivity contribution in [3.63, 3.8) is 0 Å². The molecule has 0 spiro atoms. The smallest absolute Gasteiger partial charge is 0.218 e. The van der Waals surface area contributed by atoms with Crippen LogP contribution in [0.2, 0.25) is 0 Å². The van der Waals surface area contributed by atoms with Gasteiger partial charge in [0.05, 0.1) is 11.8 Å². The van der Waals surface area contributed by atoms with Gasteiger partial charge in [0.1, 0.15) is 11.6 Å². The van der Waals surface area contributed by atoms with Crippen molar-refractivity contribution in [2.45, 2.75) is 18.7 Å². The topological polar surface area (TPSA) is 69.3 Å². The van der Waals surface area contributed by atoms with Crippen LogP contribution in [-0.2, 0) is 15.8 Å². The Balaban J connectivity index is 1.80. The van der Waals surface area contributed by atoms with Crippen molar-refractivity contribution >= 4 is 10.0 Å². The number of sulfonamides is 1. The van der Waals surface area contributed by atoms with Crippen LogP contribution < -0.4 is 0 Å². The summed E-state index contributed by atoms with van der Waals surface area (Å²) in [5.41, 5.74) is 0.199. The molecule has 1 aliphatic rings. The molecule has 1 saturated heterocycles. The van der Waals surface area contributed by atoms with Crippen molar-refractivity contribution in [1.82, 2.24) is 19.2 Å². The second-order valence-electron chi connectivity index (χ2n) is 5.82. The van der Waals surface area contributed by atoms with E-state index in [1.54, 1.807) is 24.5 Å². The van der Waals surface area contributed by atoms with E-state index < -0.39 is 15.8 Å². The molecule has 0 unspecified atom stereocenters. The molecular weight excluding hydrogens is 331 g/mol. The van der Waals surface area contributed by atoms with Gasteiger partial charge in [0, 0.05) is 37.6 Å². The van der Waals surface area contributed by atoms with Crippen LogP contribution >= 0.6 is 0 Å². The number of hydrogen-bond acceptors (Lipinski definition) is 4. The van der Waals surface area contributed by atoms with Crippen molar-refractivity contribution in [2.75, 3.05) is 26.2 Å². The van der Waals surface area contributed by atoms with Gasteiger partial charge in [-0.05, 0) is 12.6 Å². The summed E-state index contributed by atoms with van der Waals surface area (Å²) in [4.78, 5) is 9.53. The number of aromatic nitrogens is 2. The number of imidazole rings is 1. The number of nitrogens with one attached hydrogen (secondary N) is 1.